The van der Waals surface area contributed by atoms with Gasteiger partial charge >= 0.3 is 148 Å². The van der Waals surface area contributed by atoms with E-state index in [1.807, 2.05) is 23.1 Å². The molecule has 2 fully saturated rings. The van der Waals surface area contributed by atoms with Gasteiger partial charge in [-0.3, -0.25) is 0 Å². The van der Waals surface area contributed by atoms with Crippen molar-refractivity contribution in [2.45, 2.75) is 51.0 Å². The molecule has 0 bridgehead atoms. The minimum atomic E-state index is -0.482. The Balaban J connectivity index is 1.77. The van der Waals surface area contributed by atoms with Gasteiger partial charge in [-0.2, -0.15) is 0 Å². The molecule has 0 aromatic heterocycles. The molecule has 3 rings (SSSR count). The summed E-state index contributed by atoms with van der Waals surface area (Å²) in [4.78, 5) is 15.1. The molecule has 1 aliphatic heterocycles. The van der Waals surface area contributed by atoms with E-state index in [0.717, 1.165) is 25.8 Å². The third-order valence-electron chi connectivity index (χ3n) is 5.21. The van der Waals surface area contributed by atoms with E-state index in [0.29, 0.717) is 13.3 Å². The fourth-order valence-electron chi connectivity index (χ4n) is 4.12. The summed E-state index contributed by atoms with van der Waals surface area (Å²) in [5.74, 6) is 0.222. The molecule has 4 nitrogen and oxygen atoms in total. The summed E-state index contributed by atoms with van der Waals surface area (Å²) in [5, 5.41) is 3.66. The molecule has 0 aromatic carbocycles. The Labute approximate surface area is 147 Å². The molecule has 1 heterocycles. The van der Waals surface area contributed by atoms with Crippen LogP contribution in [0.1, 0.15) is 45.4 Å². The average Bonchev–Trinajstić information content (AvgIpc) is 2.53. The Morgan fingerprint density at radius 3 is 2.78 bits per heavy atom. The molecular formula is C18H26N2O2V. The van der Waals surface area contributed by atoms with Gasteiger partial charge in [0.05, 0.1) is 0 Å². The Bertz CT molecular complexity index is 537. The molecule has 1 atom stereocenters. The normalized spacial score (nSPS) is 29.9. The Morgan fingerprint density at radius 1 is 1.35 bits per heavy atom. The quantitative estimate of drug-likeness (QED) is 0.843. The first-order chi connectivity index (χ1) is 11.1. The second-order valence-electron chi connectivity index (χ2n) is 7.18. The van der Waals surface area contributed by atoms with E-state index < -0.39 is 5.41 Å². The van der Waals surface area contributed by atoms with Crippen LogP contribution in [-0.2, 0) is 26.5 Å². The van der Waals surface area contributed by atoms with Gasteiger partial charge in [-0.1, -0.05) is 0 Å². The van der Waals surface area contributed by atoms with Crippen molar-refractivity contribution in [3.8, 4) is 0 Å². The van der Waals surface area contributed by atoms with Crippen LogP contribution >= 0.6 is 0 Å². The Morgan fingerprint density at radius 2 is 2.13 bits per heavy atom. The van der Waals surface area contributed by atoms with E-state index >= 15 is 0 Å². The summed E-state index contributed by atoms with van der Waals surface area (Å²) < 4.78 is 6.99. The Hall–Kier alpha value is -0.676. The van der Waals surface area contributed by atoms with Gasteiger partial charge in [0.1, 0.15) is 0 Å². The minimum absolute atomic E-state index is 0.00109. The molecule has 23 heavy (non-hydrogen) atoms. The third-order valence-corrected chi connectivity index (χ3v) is 5.39. The van der Waals surface area contributed by atoms with Crippen LogP contribution in [0.4, 0.5) is 0 Å². The molecule has 1 spiro atoms. The molecule has 5 heteroatoms. The van der Waals surface area contributed by atoms with Crippen LogP contribution in [-0.4, -0.2) is 40.6 Å². The molecule has 1 saturated heterocycles. The molecule has 0 radical (unpaired) electrons. The van der Waals surface area contributed by atoms with E-state index in [9.17, 15) is 4.79 Å². The van der Waals surface area contributed by atoms with Crippen molar-refractivity contribution in [2.75, 3.05) is 19.9 Å². The van der Waals surface area contributed by atoms with Crippen LogP contribution in [0.25, 0.3) is 0 Å². The molecule has 1 N–H and O–H groups in total. The summed E-state index contributed by atoms with van der Waals surface area (Å²) >= 11 is 2.59. The first-order valence-corrected chi connectivity index (χ1v) is 9.27. The zero-order chi connectivity index (χ0) is 16.3. The molecule has 1 saturated carbocycles. The fourth-order valence-corrected chi connectivity index (χ4v) is 4.49. The third kappa shape index (κ3) is 3.71. The van der Waals surface area contributed by atoms with Gasteiger partial charge in [-0.25, -0.2) is 0 Å². The predicted molar refractivity (Wildman–Crippen MR) is 87.5 cm³/mol. The second-order valence-corrected chi connectivity index (χ2v) is 8.23. The van der Waals surface area contributed by atoms with E-state index in [2.05, 4.69) is 35.3 Å². The molecule has 125 valence electrons. The summed E-state index contributed by atoms with van der Waals surface area (Å²) in [6, 6.07) is 0. The Kier molecular flexibility index (Phi) is 5.27. The van der Waals surface area contributed by atoms with Gasteiger partial charge in [-0.15, -0.1) is 0 Å². The van der Waals surface area contributed by atoms with Crippen LogP contribution in [0.5, 0.6) is 0 Å². The van der Waals surface area contributed by atoms with Crippen molar-refractivity contribution in [3.05, 3.63) is 24.3 Å². The van der Waals surface area contributed by atoms with Gasteiger partial charge < -0.3 is 0 Å². The second kappa shape index (κ2) is 7.06. The number of carbonyl (C=O) groups excluding carboxylic acids is 1. The molecule has 0 aromatic rings. The zero-order valence-electron chi connectivity index (χ0n) is 13.9. The summed E-state index contributed by atoms with van der Waals surface area (Å²) in [5.41, 5.74) is -0.481. The summed E-state index contributed by atoms with van der Waals surface area (Å²) in [7, 11) is 0. The van der Waals surface area contributed by atoms with Crippen molar-refractivity contribution in [1.29, 1.82) is 0 Å². The fraction of sp³-hybridized carbons (Fsp3) is 0.667. The van der Waals surface area contributed by atoms with Gasteiger partial charge in [0, 0.05) is 0 Å². The average molecular weight is 353 g/mol. The molecule has 2 aliphatic carbocycles. The van der Waals surface area contributed by atoms with E-state index in [1.165, 1.54) is 23.6 Å². The van der Waals surface area contributed by atoms with Crippen molar-refractivity contribution in [3.63, 3.8) is 0 Å². The first kappa shape index (κ1) is 17.2. The van der Waals surface area contributed by atoms with E-state index in [1.54, 1.807) is 0 Å². The van der Waals surface area contributed by atoms with Crippen LogP contribution in [0.15, 0.2) is 24.3 Å². The number of hydrogen-bond acceptors (Lipinski definition) is 3. The number of allylic oxidation sites excluding steroid dienone is 3. The van der Waals surface area contributed by atoms with Crippen molar-refractivity contribution >= 4 is 10.3 Å². The van der Waals surface area contributed by atoms with Gasteiger partial charge in [0.15, 0.2) is 0 Å². The van der Waals surface area contributed by atoms with Gasteiger partial charge in [-0.05, 0) is 0 Å². The molecule has 1 amide bonds. The summed E-state index contributed by atoms with van der Waals surface area (Å²) in [6.45, 7) is 3.74. The number of amides is 1. The number of nitrogens with zero attached hydrogens (tertiary/aromatic N) is 1. The van der Waals surface area contributed by atoms with Gasteiger partial charge in [0.2, 0.25) is 0 Å². The van der Waals surface area contributed by atoms with Crippen molar-refractivity contribution in [2.24, 2.45) is 5.41 Å². The molecule has 1 unspecified atom stereocenters. The number of rotatable bonds is 4. The number of hydrogen-bond donors (Lipinski definition) is 1. The predicted octanol–water partition coefficient (Wildman–Crippen LogP) is 2.29. The molecule has 3 aliphatic rings. The first-order valence-electron chi connectivity index (χ1n) is 8.58. The SMILES string of the molecule is C[C](=[V])NC1(CN2COCC3(C=CC=CC3)C2=O)CCCCC1. The van der Waals surface area contributed by atoms with Crippen LogP contribution < -0.4 is 5.32 Å². The van der Waals surface area contributed by atoms with Crippen LogP contribution in [0.3, 0.4) is 0 Å². The van der Waals surface area contributed by atoms with E-state index in [4.69, 9.17) is 4.74 Å². The van der Waals surface area contributed by atoms with Crippen molar-refractivity contribution < 1.29 is 26.5 Å². The van der Waals surface area contributed by atoms with Crippen LogP contribution in [0, 0.1) is 5.41 Å². The maximum atomic E-state index is 13.1. The monoisotopic (exact) mass is 353 g/mol. The standard InChI is InChI=1S/C18H26N2O2.V/c1-2-19-18(11-7-4-8-12-18)13-20-15-22-14-17(16(20)21)9-5-3-6-10-17;/h3,5-6,9,19H,4,7-8,10-15H2,1H3;. The van der Waals surface area contributed by atoms with E-state index in [-0.39, 0.29) is 11.4 Å². The zero-order valence-corrected chi connectivity index (χ0v) is 15.3. The topological polar surface area (TPSA) is 41.6 Å². The summed E-state index contributed by atoms with van der Waals surface area (Å²) in [6.07, 6.45) is 14.8. The number of carbonyl (C=O) groups is 1. The molecular weight excluding hydrogens is 327 g/mol. The van der Waals surface area contributed by atoms with Crippen molar-refractivity contribution in [1.82, 2.24) is 10.2 Å². The van der Waals surface area contributed by atoms with Crippen LogP contribution in [0.2, 0.25) is 0 Å². The maximum absolute atomic E-state index is 13.1. The van der Waals surface area contributed by atoms with Gasteiger partial charge in [0.25, 0.3) is 0 Å². The number of ether oxygens (including phenoxy) is 1. The number of nitrogens with one attached hydrogen (secondary N) is 1.